The highest BCUT2D eigenvalue weighted by Crippen LogP contribution is 2.25. The maximum Gasteiger partial charge on any atom is 0.119 e. The van der Waals surface area contributed by atoms with E-state index in [0.717, 1.165) is 30.0 Å². The molecule has 2 rings (SSSR count). The second-order valence-electron chi connectivity index (χ2n) is 5.30. The van der Waals surface area contributed by atoms with E-state index in [0.29, 0.717) is 0 Å². The molecule has 0 saturated heterocycles. The van der Waals surface area contributed by atoms with Crippen molar-refractivity contribution in [2.75, 3.05) is 19.1 Å². The van der Waals surface area contributed by atoms with Crippen molar-refractivity contribution in [3.63, 3.8) is 0 Å². The van der Waals surface area contributed by atoms with E-state index < -0.39 is 0 Å². The third-order valence-corrected chi connectivity index (χ3v) is 3.81. The summed E-state index contributed by atoms with van der Waals surface area (Å²) in [5.41, 5.74) is 9.58. The molecule has 0 amide bonds. The molecule has 3 nitrogen and oxygen atoms in total. The average molecular weight is 284 g/mol. The van der Waals surface area contributed by atoms with E-state index in [9.17, 15) is 0 Å². The van der Waals surface area contributed by atoms with Gasteiger partial charge < -0.3 is 15.4 Å². The lowest BCUT2D eigenvalue weighted by atomic mass is 10.0. The van der Waals surface area contributed by atoms with Crippen molar-refractivity contribution in [2.45, 2.75) is 25.8 Å². The summed E-state index contributed by atoms with van der Waals surface area (Å²) < 4.78 is 5.19. The molecule has 1 atom stereocenters. The molecule has 0 radical (unpaired) electrons. The van der Waals surface area contributed by atoms with Crippen LogP contribution in [0.5, 0.6) is 5.75 Å². The molecular weight excluding hydrogens is 260 g/mol. The van der Waals surface area contributed by atoms with Crippen molar-refractivity contribution < 1.29 is 4.74 Å². The molecule has 2 aromatic rings. The Morgan fingerprint density at radius 3 is 2.00 bits per heavy atom. The van der Waals surface area contributed by atoms with E-state index in [-0.39, 0.29) is 6.04 Å². The number of nitrogens with two attached hydrogens (primary N) is 1. The summed E-state index contributed by atoms with van der Waals surface area (Å²) in [6, 6.07) is 16.9. The predicted octanol–water partition coefficient (Wildman–Crippen LogP) is 3.74. The molecule has 0 heterocycles. The molecular formula is C18H24N2O. The maximum absolute atomic E-state index is 6.00. The number of nitrogens with zero attached hydrogens (tertiary/aromatic N) is 1. The standard InChI is InChI=1S/C18H24N2O/c1-4-15(19)13-14-5-7-16(8-6-14)20(2)17-9-11-18(21-3)12-10-17/h5-12,15H,4,13,19H2,1-3H3. The molecule has 0 saturated carbocycles. The van der Waals surface area contributed by atoms with Gasteiger partial charge >= 0.3 is 0 Å². The van der Waals surface area contributed by atoms with Gasteiger partial charge in [-0.1, -0.05) is 19.1 Å². The fourth-order valence-corrected chi connectivity index (χ4v) is 2.26. The van der Waals surface area contributed by atoms with Crippen LogP contribution in [0.15, 0.2) is 48.5 Å². The molecule has 2 N–H and O–H groups in total. The van der Waals surface area contributed by atoms with Gasteiger partial charge in [0.25, 0.3) is 0 Å². The first kappa shape index (κ1) is 15.4. The van der Waals surface area contributed by atoms with Crippen molar-refractivity contribution in [3.05, 3.63) is 54.1 Å². The molecule has 3 heteroatoms. The Bertz CT molecular complexity index is 548. The Hall–Kier alpha value is -2.00. The van der Waals surface area contributed by atoms with Crippen LogP contribution in [-0.2, 0) is 6.42 Å². The van der Waals surface area contributed by atoms with Crippen LogP contribution in [0.4, 0.5) is 11.4 Å². The Labute approximate surface area is 127 Å². The normalized spacial score (nSPS) is 12.0. The van der Waals surface area contributed by atoms with Gasteiger partial charge in [-0.2, -0.15) is 0 Å². The SMILES string of the molecule is CCC(N)Cc1ccc(N(C)c2ccc(OC)cc2)cc1. The molecule has 0 aliphatic carbocycles. The summed E-state index contributed by atoms with van der Waals surface area (Å²) >= 11 is 0. The molecule has 21 heavy (non-hydrogen) atoms. The van der Waals surface area contributed by atoms with Gasteiger partial charge in [0.2, 0.25) is 0 Å². The summed E-state index contributed by atoms with van der Waals surface area (Å²) in [6.07, 6.45) is 1.94. The first-order valence-electron chi connectivity index (χ1n) is 7.36. The first-order chi connectivity index (χ1) is 10.1. The Kier molecular flexibility index (Phi) is 5.23. The van der Waals surface area contributed by atoms with Crippen molar-refractivity contribution in [2.24, 2.45) is 5.73 Å². The lowest BCUT2D eigenvalue weighted by Gasteiger charge is -2.20. The minimum absolute atomic E-state index is 0.246. The van der Waals surface area contributed by atoms with Crippen molar-refractivity contribution in [1.82, 2.24) is 0 Å². The largest absolute Gasteiger partial charge is 0.497 e. The van der Waals surface area contributed by atoms with Gasteiger partial charge in [0, 0.05) is 24.5 Å². The van der Waals surface area contributed by atoms with Gasteiger partial charge in [0.05, 0.1) is 7.11 Å². The van der Waals surface area contributed by atoms with E-state index in [4.69, 9.17) is 10.5 Å². The Morgan fingerprint density at radius 2 is 1.52 bits per heavy atom. The zero-order valence-corrected chi connectivity index (χ0v) is 13.0. The quantitative estimate of drug-likeness (QED) is 0.878. The smallest absolute Gasteiger partial charge is 0.119 e. The highest BCUT2D eigenvalue weighted by Gasteiger charge is 2.06. The summed E-state index contributed by atoms with van der Waals surface area (Å²) in [6.45, 7) is 2.12. The summed E-state index contributed by atoms with van der Waals surface area (Å²) in [4.78, 5) is 2.16. The number of rotatable bonds is 6. The fraction of sp³-hybridized carbons (Fsp3) is 0.333. The summed E-state index contributed by atoms with van der Waals surface area (Å²) in [7, 11) is 3.74. The number of anilines is 2. The molecule has 0 aliphatic heterocycles. The van der Waals surface area contributed by atoms with Crippen LogP contribution in [0, 0.1) is 0 Å². The molecule has 0 aliphatic rings. The van der Waals surface area contributed by atoms with Crippen LogP contribution in [-0.4, -0.2) is 20.2 Å². The fourth-order valence-electron chi connectivity index (χ4n) is 2.26. The van der Waals surface area contributed by atoms with E-state index in [1.807, 2.05) is 12.1 Å². The molecule has 1 unspecified atom stereocenters. The van der Waals surface area contributed by atoms with Crippen LogP contribution in [0.2, 0.25) is 0 Å². The minimum atomic E-state index is 0.246. The zero-order chi connectivity index (χ0) is 15.2. The third-order valence-electron chi connectivity index (χ3n) is 3.81. The molecule has 0 bridgehead atoms. The van der Waals surface area contributed by atoms with Gasteiger partial charge in [-0.25, -0.2) is 0 Å². The topological polar surface area (TPSA) is 38.5 Å². The molecule has 0 fully saturated rings. The van der Waals surface area contributed by atoms with Crippen LogP contribution < -0.4 is 15.4 Å². The highest BCUT2D eigenvalue weighted by molar-refractivity contribution is 5.63. The van der Waals surface area contributed by atoms with Crippen molar-refractivity contribution >= 4 is 11.4 Å². The zero-order valence-electron chi connectivity index (χ0n) is 13.0. The third kappa shape index (κ3) is 3.99. The molecule has 112 valence electrons. The van der Waals surface area contributed by atoms with Gasteiger partial charge in [-0.3, -0.25) is 0 Å². The number of hydrogen-bond acceptors (Lipinski definition) is 3. The van der Waals surface area contributed by atoms with Crippen molar-refractivity contribution in [3.8, 4) is 5.75 Å². The van der Waals surface area contributed by atoms with Crippen LogP contribution >= 0.6 is 0 Å². The average Bonchev–Trinajstić information content (AvgIpc) is 2.55. The number of hydrogen-bond donors (Lipinski definition) is 1. The van der Waals surface area contributed by atoms with E-state index in [1.165, 1.54) is 5.56 Å². The van der Waals surface area contributed by atoms with E-state index in [2.05, 4.69) is 55.3 Å². The maximum atomic E-state index is 6.00. The van der Waals surface area contributed by atoms with Crippen LogP contribution in [0.25, 0.3) is 0 Å². The van der Waals surface area contributed by atoms with E-state index >= 15 is 0 Å². The molecule has 0 spiro atoms. The number of ether oxygens (including phenoxy) is 1. The highest BCUT2D eigenvalue weighted by atomic mass is 16.5. The number of methoxy groups -OCH3 is 1. The monoisotopic (exact) mass is 284 g/mol. The Balaban J connectivity index is 2.09. The first-order valence-corrected chi connectivity index (χ1v) is 7.36. The van der Waals surface area contributed by atoms with Gasteiger partial charge in [0.1, 0.15) is 5.75 Å². The number of benzene rings is 2. The molecule has 0 aromatic heterocycles. The van der Waals surface area contributed by atoms with Gasteiger partial charge in [-0.05, 0) is 54.8 Å². The van der Waals surface area contributed by atoms with Gasteiger partial charge in [0.15, 0.2) is 0 Å². The predicted molar refractivity (Wildman–Crippen MR) is 89.5 cm³/mol. The summed E-state index contributed by atoms with van der Waals surface area (Å²) in [5, 5.41) is 0. The van der Waals surface area contributed by atoms with E-state index in [1.54, 1.807) is 7.11 Å². The second kappa shape index (κ2) is 7.14. The minimum Gasteiger partial charge on any atom is -0.497 e. The Morgan fingerprint density at radius 1 is 1.00 bits per heavy atom. The lowest BCUT2D eigenvalue weighted by Crippen LogP contribution is -2.21. The lowest BCUT2D eigenvalue weighted by molar-refractivity contribution is 0.415. The summed E-state index contributed by atoms with van der Waals surface area (Å²) in [5.74, 6) is 0.871. The van der Waals surface area contributed by atoms with Crippen molar-refractivity contribution in [1.29, 1.82) is 0 Å². The molecule has 2 aromatic carbocycles. The van der Waals surface area contributed by atoms with Gasteiger partial charge in [-0.15, -0.1) is 0 Å². The second-order valence-corrected chi connectivity index (χ2v) is 5.30. The van der Waals surface area contributed by atoms with Crippen LogP contribution in [0.1, 0.15) is 18.9 Å². The van der Waals surface area contributed by atoms with Crippen LogP contribution in [0.3, 0.4) is 0 Å².